The van der Waals surface area contributed by atoms with Crippen molar-refractivity contribution in [1.82, 2.24) is 15.3 Å². The van der Waals surface area contributed by atoms with Gasteiger partial charge in [-0.25, -0.2) is 9.97 Å². The lowest BCUT2D eigenvalue weighted by Gasteiger charge is -2.29. The van der Waals surface area contributed by atoms with E-state index in [4.69, 9.17) is 4.98 Å². The second-order valence-corrected chi connectivity index (χ2v) is 7.17. The largest absolute Gasteiger partial charge is 0.347 e. The molecule has 0 radical (unpaired) electrons. The monoisotopic (exact) mass is 276 g/mol. The van der Waals surface area contributed by atoms with Gasteiger partial charge < -0.3 is 10.2 Å². The zero-order valence-electron chi connectivity index (χ0n) is 13.7. The van der Waals surface area contributed by atoms with Crippen LogP contribution in [0.3, 0.4) is 0 Å². The summed E-state index contributed by atoms with van der Waals surface area (Å²) in [4.78, 5) is 11.3. The van der Waals surface area contributed by atoms with Crippen molar-refractivity contribution in [3.05, 3.63) is 17.0 Å². The third-order valence-electron chi connectivity index (χ3n) is 3.89. The second-order valence-electron chi connectivity index (χ2n) is 7.17. The van der Waals surface area contributed by atoms with Crippen molar-refractivity contribution in [2.75, 3.05) is 25.5 Å². The van der Waals surface area contributed by atoms with Crippen molar-refractivity contribution in [1.29, 1.82) is 0 Å². The quantitative estimate of drug-likeness (QED) is 0.920. The molecule has 0 aromatic carbocycles. The molecule has 1 aromatic heterocycles. The maximum atomic E-state index is 4.71. The lowest BCUT2D eigenvalue weighted by molar-refractivity contribution is 0.346. The Morgan fingerprint density at radius 3 is 2.55 bits per heavy atom. The van der Waals surface area contributed by atoms with E-state index in [1.807, 2.05) is 19.0 Å². The molecule has 0 saturated heterocycles. The summed E-state index contributed by atoms with van der Waals surface area (Å²) in [6, 6.07) is 0. The van der Waals surface area contributed by atoms with Crippen LogP contribution in [0.4, 0.5) is 5.95 Å². The van der Waals surface area contributed by atoms with Gasteiger partial charge in [0.05, 0.1) is 0 Å². The maximum absolute atomic E-state index is 4.71. The average molecular weight is 276 g/mol. The summed E-state index contributed by atoms with van der Waals surface area (Å²) in [5.74, 6) is 1.54. The van der Waals surface area contributed by atoms with Crippen LogP contribution in [0.5, 0.6) is 0 Å². The smallest absolute Gasteiger partial charge is 0.225 e. The van der Waals surface area contributed by atoms with Crippen LogP contribution in [-0.4, -0.2) is 36.1 Å². The summed E-state index contributed by atoms with van der Waals surface area (Å²) in [5, 5.41) is 3.62. The highest BCUT2D eigenvalue weighted by Gasteiger charge is 2.24. The number of hydrogen-bond acceptors (Lipinski definition) is 4. The second kappa shape index (κ2) is 5.68. The van der Waals surface area contributed by atoms with E-state index in [1.165, 1.54) is 17.7 Å². The number of rotatable bonds is 3. The van der Waals surface area contributed by atoms with Crippen LogP contribution >= 0.6 is 0 Å². The molecule has 1 aromatic rings. The number of aromatic nitrogens is 2. The van der Waals surface area contributed by atoms with Gasteiger partial charge in [0, 0.05) is 31.0 Å². The number of hydrogen-bond donors (Lipinski definition) is 1. The molecular formula is C16H28N4. The van der Waals surface area contributed by atoms with Crippen LogP contribution < -0.4 is 10.2 Å². The van der Waals surface area contributed by atoms with Gasteiger partial charge in [0.1, 0.15) is 0 Å². The fraction of sp³-hybridized carbons (Fsp3) is 0.750. The molecule has 112 valence electrons. The normalized spacial score (nSPS) is 18.8. The molecule has 0 bridgehead atoms. The highest BCUT2D eigenvalue weighted by molar-refractivity contribution is 5.37. The summed E-state index contributed by atoms with van der Waals surface area (Å²) < 4.78 is 0. The first kappa shape index (κ1) is 15.2. The fourth-order valence-electron chi connectivity index (χ4n) is 2.67. The molecular weight excluding hydrogens is 248 g/mol. The molecule has 0 spiro atoms. The van der Waals surface area contributed by atoms with E-state index in [0.29, 0.717) is 5.92 Å². The summed E-state index contributed by atoms with van der Waals surface area (Å²) >= 11 is 0. The van der Waals surface area contributed by atoms with Crippen molar-refractivity contribution in [2.24, 2.45) is 5.92 Å². The van der Waals surface area contributed by atoms with Gasteiger partial charge in [-0.2, -0.15) is 0 Å². The summed E-state index contributed by atoms with van der Waals surface area (Å²) in [6.07, 6.45) is 3.41. The molecule has 1 aliphatic rings. The molecule has 0 aliphatic heterocycles. The Kier molecular flexibility index (Phi) is 4.33. The van der Waals surface area contributed by atoms with Gasteiger partial charge in [-0.05, 0) is 65.0 Å². The number of nitrogens with zero attached hydrogens (tertiary/aromatic N) is 3. The molecule has 1 atom stereocenters. The van der Waals surface area contributed by atoms with Gasteiger partial charge in [0.2, 0.25) is 5.95 Å². The van der Waals surface area contributed by atoms with E-state index < -0.39 is 0 Å². The first-order valence-electron chi connectivity index (χ1n) is 7.55. The Labute approximate surface area is 123 Å². The molecule has 1 N–H and O–H groups in total. The van der Waals surface area contributed by atoms with E-state index >= 15 is 0 Å². The Morgan fingerprint density at radius 1 is 1.25 bits per heavy atom. The van der Waals surface area contributed by atoms with Crippen LogP contribution in [0.25, 0.3) is 0 Å². The van der Waals surface area contributed by atoms with E-state index in [-0.39, 0.29) is 5.54 Å². The molecule has 4 heteroatoms. The van der Waals surface area contributed by atoms with E-state index in [9.17, 15) is 0 Å². The molecule has 1 unspecified atom stereocenters. The lowest BCUT2D eigenvalue weighted by Crippen LogP contribution is -2.40. The number of fused-ring (bicyclic) bond motifs is 1. The minimum atomic E-state index is 0.195. The van der Waals surface area contributed by atoms with Crippen LogP contribution in [0, 0.1) is 12.8 Å². The predicted octanol–water partition coefficient (Wildman–Crippen LogP) is 2.34. The number of anilines is 1. The summed E-state index contributed by atoms with van der Waals surface area (Å²) in [6.45, 7) is 9.87. The number of aryl methyl sites for hydroxylation is 2. The minimum Gasteiger partial charge on any atom is -0.347 e. The van der Waals surface area contributed by atoms with Gasteiger partial charge in [-0.1, -0.05) is 0 Å². The van der Waals surface area contributed by atoms with Crippen LogP contribution in [0.2, 0.25) is 0 Å². The minimum absolute atomic E-state index is 0.195. The van der Waals surface area contributed by atoms with Gasteiger partial charge in [-0.15, -0.1) is 0 Å². The molecule has 0 amide bonds. The Morgan fingerprint density at radius 2 is 1.95 bits per heavy atom. The lowest BCUT2D eigenvalue weighted by atomic mass is 9.85. The molecule has 4 nitrogen and oxygen atoms in total. The van der Waals surface area contributed by atoms with E-state index in [1.54, 1.807) is 0 Å². The Bertz CT molecular complexity index is 474. The molecule has 0 saturated carbocycles. The highest BCUT2D eigenvalue weighted by atomic mass is 15.2. The SMILES string of the molecule is Cc1nc(N(C)C)nc2c1CC(CNC(C)(C)C)CC2. The van der Waals surface area contributed by atoms with Gasteiger partial charge in [0.25, 0.3) is 0 Å². The third-order valence-corrected chi connectivity index (χ3v) is 3.89. The third kappa shape index (κ3) is 3.69. The topological polar surface area (TPSA) is 41.1 Å². The summed E-state index contributed by atoms with van der Waals surface area (Å²) in [7, 11) is 4.00. The van der Waals surface area contributed by atoms with Crippen molar-refractivity contribution in [3.8, 4) is 0 Å². The first-order chi connectivity index (χ1) is 9.26. The Hall–Kier alpha value is -1.16. The molecule has 1 heterocycles. The van der Waals surface area contributed by atoms with E-state index in [0.717, 1.165) is 31.0 Å². The van der Waals surface area contributed by atoms with Gasteiger partial charge in [-0.3, -0.25) is 0 Å². The van der Waals surface area contributed by atoms with E-state index in [2.05, 4.69) is 38.0 Å². The summed E-state index contributed by atoms with van der Waals surface area (Å²) in [5.41, 5.74) is 3.98. The highest BCUT2D eigenvalue weighted by Crippen LogP contribution is 2.27. The number of nitrogens with one attached hydrogen (secondary N) is 1. The van der Waals surface area contributed by atoms with Crippen molar-refractivity contribution in [2.45, 2.75) is 52.5 Å². The van der Waals surface area contributed by atoms with Crippen molar-refractivity contribution in [3.63, 3.8) is 0 Å². The first-order valence-corrected chi connectivity index (χ1v) is 7.55. The molecule has 0 fully saturated rings. The van der Waals surface area contributed by atoms with Crippen LogP contribution in [0.1, 0.15) is 44.1 Å². The molecule has 2 rings (SSSR count). The van der Waals surface area contributed by atoms with Gasteiger partial charge in [0.15, 0.2) is 0 Å². The maximum Gasteiger partial charge on any atom is 0.225 e. The fourth-order valence-corrected chi connectivity index (χ4v) is 2.67. The van der Waals surface area contributed by atoms with Crippen molar-refractivity contribution < 1.29 is 0 Å². The average Bonchev–Trinajstić information content (AvgIpc) is 2.35. The molecule has 1 aliphatic carbocycles. The zero-order valence-corrected chi connectivity index (χ0v) is 13.7. The van der Waals surface area contributed by atoms with Crippen LogP contribution in [0.15, 0.2) is 0 Å². The predicted molar refractivity (Wildman–Crippen MR) is 84.4 cm³/mol. The Balaban J connectivity index is 2.10. The standard InChI is InChI=1S/C16H28N4/c1-11-13-9-12(10-17-16(2,3)4)7-8-14(13)19-15(18-11)20(5)6/h12,17H,7-10H2,1-6H3. The molecule has 20 heavy (non-hydrogen) atoms. The van der Waals surface area contributed by atoms with Gasteiger partial charge >= 0.3 is 0 Å². The zero-order chi connectivity index (χ0) is 14.9. The van der Waals surface area contributed by atoms with Crippen molar-refractivity contribution >= 4 is 5.95 Å². The van der Waals surface area contributed by atoms with Crippen LogP contribution in [-0.2, 0) is 12.8 Å².